The molecular formula is C9H19N3. The van der Waals surface area contributed by atoms with E-state index in [1.165, 1.54) is 6.42 Å². The van der Waals surface area contributed by atoms with Crippen molar-refractivity contribution in [2.24, 2.45) is 16.1 Å². The summed E-state index contributed by atoms with van der Waals surface area (Å²) in [4.78, 5) is 2.10. The van der Waals surface area contributed by atoms with Crippen molar-refractivity contribution < 1.29 is 0 Å². The average molecular weight is 169 g/mol. The van der Waals surface area contributed by atoms with Crippen LogP contribution in [0.4, 0.5) is 0 Å². The minimum Gasteiger partial charge on any atom is -0.362 e. The topological polar surface area (TPSA) is 28.0 Å². The van der Waals surface area contributed by atoms with E-state index >= 15 is 0 Å². The summed E-state index contributed by atoms with van der Waals surface area (Å²) in [5.41, 5.74) is 0. The number of amidine groups is 1. The van der Waals surface area contributed by atoms with Gasteiger partial charge in [0.05, 0.1) is 0 Å². The van der Waals surface area contributed by atoms with E-state index < -0.39 is 0 Å². The Hall–Kier alpha value is -0.860. The Morgan fingerprint density at radius 3 is 2.58 bits per heavy atom. The van der Waals surface area contributed by atoms with Crippen molar-refractivity contribution in [1.82, 2.24) is 4.90 Å². The van der Waals surface area contributed by atoms with Gasteiger partial charge in [-0.25, -0.2) is 0 Å². The van der Waals surface area contributed by atoms with Gasteiger partial charge >= 0.3 is 0 Å². The standard InChI is InChI=1S/C9H19N3/c1-6-8(2)7-12(5)9(3)11-10-4/h8H,4,6-7H2,1-3,5H3/b11-9-. The minimum absolute atomic E-state index is 0.699. The maximum atomic E-state index is 3.87. The second-order valence-corrected chi connectivity index (χ2v) is 3.18. The zero-order chi connectivity index (χ0) is 9.56. The third kappa shape index (κ3) is 4.11. The third-order valence-electron chi connectivity index (χ3n) is 2.05. The van der Waals surface area contributed by atoms with Gasteiger partial charge in [-0.3, -0.25) is 0 Å². The van der Waals surface area contributed by atoms with Gasteiger partial charge in [0, 0.05) is 20.3 Å². The minimum atomic E-state index is 0.699. The van der Waals surface area contributed by atoms with Gasteiger partial charge in [-0.15, -0.1) is 5.10 Å². The maximum Gasteiger partial charge on any atom is 0.124 e. The Balaban J connectivity index is 3.94. The van der Waals surface area contributed by atoms with Gasteiger partial charge in [0.25, 0.3) is 0 Å². The van der Waals surface area contributed by atoms with Crippen LogP contribution in [-0.2, 0) is 0 Å². The lowest BCUT2D eigenvalue weighted by atomic mass is 10.1. The summed E-state index contributed by atoms with van der Waals surface area (Å²) in [7, 11) is 2.02. The fourth-order valence-corrected chi connectivity index (χ4v) is 0.907. The van der Waals surface area contributed by atoms with Gasteiger partial charge in [0.1, 0.15) is 5.84 Å². The number of hydrogen-bond donors (Lipinski definition) is 0. The van der Waals surface area contributed by atoms with Crippen LogP contribution in [0.25, 0.3) is 0 Å². The number of rotatable bonds is 4. The fraction of sp³-hybridized carbons (Fsp3) is 0.778. The molecule has 70 valence electrons. The normalized spacial score (nSPS) is 14.2. The highest BCUT2D eigenvalue weighted by Gasteiger charge is 2.04. The van der Waals surface area contributed by atoms with Gasteiger partial charge in [0.15, 0.2) is 0 Å². The van der Waals surface area contributed by atoms with Gasteiger partial charge in [0.2, 0.25) is 0 Å². The molecule has 12 heavy (non-hydrogen) atoms. The molecular weight excluding hydrogens is 150 g/mol. The molecule has 0 N–H and O–H groups in total. The molecule has 0 spiro atoms. The van der Waals surface area contributed by atoms with Crippen LogP contribution in [0, 0.1) is 5.92 Å². The van der Waals surface area contributed by atoms with E-state index in [1.807, 2.05) is 14.0 Å². The van der Waals surface area contributed by atoms with Crippen molar-refractivity contribution in [3.63, 3.8) is 0 Å². The summed E-state index contributed by atoms with van der Waals surface area (Å²) >= 11 is 0. The molecule has 0 aliphatic carbocycles. The van der Waals surface area contributed by atoms with Crippen LogP contribution in [0.15, 0.2) is 10.2 Å². The number of nitrogens with zero attached hydrogens (tertiary/aromatic N) is 3. The van der Waals surface area contributed by atoms with Crippen molar-refractivity contribution in [3.05, 3.63) is 0 Å². The first-order valence-electron chi connectivity index (χ1n) is 4.33. The Morgan fingerprint density at radius 1 is 1.58 bits per heavy atom. The van der Waals surface area contributed by atoms with E-state index in [9.17, 15) is 0 Å². The van der Waals surface area contributed by atoms with Gasteiger partial charge in [-0.05, 0) is 12.8 Å². The first kappa shape index (κ1) is 11.1. The predicted molar refractivity (Wildman–Crippen MR) is 54.7 cm³/mol. The van der Waals surface area contributed by atoms with Crippen molar-refractivity contribution in [1.29, 1.82) is 0 Å². The van der Waals surface area contributed by atoms with Crippen LogP contribution < -0.4 is 0 Å². The van der Waals surface area contributed by atoms with Gasteiger partial charge in [-0.2, -0.15) is 5.10 Å². The van der Waals surface area contributed by atoms with Crippen LogP contribution in [0.2, 0.25) is 0 Å². The van der Waals surface area contributed by atoms with E-state index in [0.717, 1.165) is 12.4 Å². The predicted octanol–water partition coefficient (Wildman–Crippen LogP) is 2.00. The fourth-order valence-electron chi connectivity index (χ4n) is 0.907. The summed E-state index contributed by atoms with van der Waals surface area (Å²) < 4.78 is 0. The highest BCUT2D eigenvalue weighted by Crippen LogP contribution is 2.02. The molecule has 3 heteroatoms. The molecule has 1 atom stereocenters. The highest BCUT2D eigenvalue weighted by molar-refractivity contribution is 5.79. The zero-order valence-electron chi connectivity index (χ0n) is 8.54. The van der Waals surface area contributed by atoms with Crippen molar-refractivity contribution in [3.8, 4) is 0 Å². The molecule has 0 amide bonds. The largest absolute Gasteiger partial charge is 0.362 e. The Morgan fingerprint density at radius 2 is 2.17 bits per heavy atom. The quantitative estimate of drug-likeness (QED) is 0.359. The van der Waals surface area contributed by atoms with Gasteiger partial charge in [-0.1, -0.05) is 20.3 Å². The number of hydrogen-bond acceptors (Lipinski definition) is 2. The molecule has 0 aliphatic heterocycles. The first-order chi connectivity index (χ1) is 5.61. The lowest BCUT2D eigenvalue weighted by Crippen LogP contribution is -2.28. The van der Waals surface area contributed by atoms with E-state index in [-0.39, 0.29) is 0 Å². The zero-order valence-corrected chi connectivity index (χ0v) is 8.54. The molecule has 0 aromatic rings. The molecule has 0 aromatic heterocycles. The summed E-state index contributed by atoms with van der Waals surface area (Å²) in [6.07, 6.45) is 1.19. The van der Waals surface area contributed by atoms with E-state index in [4.69, 9.17) is 0 Å². The van der Waals surface area contributed by atoms with Crippen LogP contribution in [0.3, 0.4) is 0 Å². The summed E-state index contributed by atoms with van der Waals surface area (Å²) in [5, 5.41) is 7.35. The van der Waals surface area contributed by atoms with Crippen LogP contribution in [0.1, 0.15) is 27.2 Å². The summed E-state index contributed by atoms with van der Waals surface area (Å²) in [6.45, 7) is 10.7. The molecule has 0 bridgehead atoms. The first-order valence-corrected chi connectivity index (χ1v) is 4.33. The molecule has 3 nitrogen and oxygen atoms in total. The molecule has 0 fully saturated rings. The van der Waals surface area contributed by atoms with Crippen molar-refractivity contribution in [2.45, 2.75) is 27.2 Å². The maximum absolute atomic E-state index is 3.87. The van der Waals surface area contributed by atoms with Gasteiger partial charge < -0.3 is 4.90 Å². The highest BCUT2D eigenvalue weighted by atomic mass is 15.3. The molecule has 0 aliphatic rings. The van der Waals surface area contributed by atoms with Crippen LogP contribution >= 0.6 is 0 Å². The smallest absolute Gasteiger partial charge is 0.124 e. The van der Waals surface area contributed by atoms with Crippen molar-refractivity contribution >= 4 is 12.6 Å². The Kier molecular flexibility index (Phi) is 5.34. The molecule has 0 rings (SSSR count). The molecule has 1 unspecified atom stereocenters. The lowest BCUT2D eigenvalue weighted by molar-refractivity contribution is 0.393. The van der Waals surface area contributed by atoms with Crippen LogP contribution in [0.5, 0.6) is 0 Å². The SMILES string of the molecule is C=N/N=C(/C)N(C)CC(C)CC. The second-order valence-electron chi connectivity index (χ2n) is 3.18. The molecule has 0 radical (unpaired) electrons. The third-order valence-corrected chi connectivity index (χ3v) is 2.05. The lowest BCUT2D eigenvalue weighted by Gasteiger charge is -2.21. The molecule has 0 saturated carbocycles. The van der Waals surface area contributed by atoms with E-state index in [0.29, 0.717) is 5.92 Å². The molecule has 0 aromatic carbocycles. The summed E-state index contributed by atoms with van der Waals surface area (Å²) in [5.74, 6) is 1.62. The van der Waals surface area contributed by atoms with Crippen LogP contribution in [-0.4, -0.2) is 31.0 Å². The van der Waals surface area contributed by atoms with E-state index in [2.05, 4.69) is 35.7 Å². The monoisotopic (exact) mass is 169 g/mol. The summed E-state index contributed by atoms with van der Waals surface area (Å²) in [6, 6.07) is 0. The second kappa shape index (κ2) is 5.75. The average Bonchev–Trinajstić information content (AvgIpc) is 2.04. The molecule has 0 heterocycles. The van der Waals surface area contributed by atoms with Crippen molar-refractivity contribution in [2.75, 3.05) is 13.6 Å². The molecule has 0 saturated heterocycles. The Labute approximate surface area is 75.2 Å². The van der Waals surface area contributed by atoms with E-state index in [1.54, 1.807) is 0 Å². The Bertz CT molecular complexity index is 163.